The number of benzene rings is 3. The number of ether oxygens (including phenoxy) is 1. The lowest BCUT2D eigenvalue weighted by Crippen LogP contribution is -2.46. The molecular weight excluding hydrogens is 565 g/mol. The quantitative estimate of drug-likeness (QED) is 0.228. The van der Waals surface area contributed by atoms with Crippen molar-refractivity contribution in [2.75, 3.05) is 7.11 Å². The second kappa shape index (κ2) is 12.1. The first-order valence-corrected chi connectivity index (χ1v) is 14.0. The normalized spacial score (nSPS) is 20.3. The van der Waals surface area contributed by atoms with Crippen LogP contribution in [0.5, 0.6) is 5.75 Å². The van der Waals surface area contributed by atoms with E-state index in [1.807, 2.05) is 30.3 Å². The molecule has 0 aliphatic carbocycles. The van der Waals surface area contributed by atoms with Crippen molar-refractivity contribution in [2.24, 2.45) is 5.92 Å². The fourth-order valence-electron chi connectivity index (χ4n) is 5.40. The third-order valence-corrected chi connectivity index (χ3v) is 8.40. The minimum atomic E-state index is -1.45. The van der Waals surface area contributed by atoms with E-state index in [-0.39, 0.29) is 11.3 Å². The van der Waals surface area contributed by atoms with Crippen molar-refractivity contribution in [3.8, 4) is 5.75 Å². The molecule has 1 aliphatic rings. The Morgan fingerprint density at radius 2 is 1.73 bits per heavy atom. The molecule has 3 aromatic carbocycles. The van der Waals surface area contributed by atoms with Crippen LogP contribution in [-0.4, -0.2) is 46.9 Å². The summed E-state index contributed by atoms with van der Waals surface area (Å²) in [5.74, 6) is -4.47. The van der Waals surface area contributed by atoms with E-state index < -0.39 is 41.6 Å². The molecule has 0 spiro atoms. The number of nitrogens with zero attached hydrogens (tertiary/aromatic N) is 1. The van der Waals surface area contributed by atoms with Crippen LogP contribution in [0, 0.1) is 11.7 Å². The van der Waals surface area contributed by atoms with Crippen LogP contribution in [0.2, 0.25) is 4.34 Å². The van der Waals surface area contributed by atoms with Gasteiger partial charge >= 0.3 is 5.97 Å². The van der Waals surface area contributed by atoms with Crippen LogP contribution in [0.25, 0.3) is 6.08 Å². The number of carboxylic acid groups (broad SMARTS) is 1. The summed E-state index contributed by atoms with van der Waals surface area (Å²) in [7, 11) is 1.49. The number of amides is 1. The van der Waals surface area contributed by atoms with Crippen molar-refractivity contribution >= 4 is 46.7 Å². The molecule has 1 N–H and O–H groups in total. The number of hydrogen-bond donors (Lipinski definition) is 1. The van der Waals surface area contributed by atoms with Crippen molar-refractivity contribution in [3.63, 3.8) is 0 Å². The Kier molecular flexibility index (Phi) is 8.33. The first-order valence-electron chi connectivity index (χ1n) is 12.8. The van der Waals surface area contributed by atoms with E-state index in [1.54, 1.807) is 48.6 Å². The van der Waals surface area contributed by atoms with E-state index in [1.165, 1.54) is 30.2 Å². The number of Topliss-reactive ketones (excluding diaryl/α,β-unsaturated/α-hetero) is 1. The molecule has 0 bridgehead atoms. The Morgan fingerprint density at radius 1 is 0.976 bits per heavy atom. The van der Waals surface area contributed by atoms with Crippen LogP contribution in [0.15, 0.2) is 97.1 Å². The molecule has 41 heavy (non-hydrogen) atoms. The molecule has 2 heterocycles. The van der Waals surface area contributed by atoms with Gasteiger partial charge in [0.15, 0.2) is 5.78 Å². The zero-order valence-electron chi connectivity index (χ0n) is 21.8. The summed E-state index contributed by atoms with van der Waals surface area (Å²) in [5.41, 5.74) is 1.30. The van der Waals surface area contributed by atoms with Crippen molar-refractivity contribution in [3.05, 3.63) is 129 Å². The van der Waals surface area contributed by atoms with Gasteiger partial charge in [0.2, 0.25) is 0 Å². The van der Waals surface area contributed by atoms with Crippen LogP contribution >= 0.6 is 22.9 Å². The molecule has 1 aliphatic heterocycles. The number of halogens is 2. The molecule has 208 valence electrons. The molecule has 4 aromatic rings. The number of hydrogen-bond acceptors (Lipinski definition) is 5. The third-order valence-electron chi connectivity index (χ3n) is 7.16. The zero-order valence-corrected chi connectivity index (χ0v) is 23.4. The highest BCUT2D eigenvalue weighted by atomic mass is 35.5. The summed E-state index contributed by atoms with van der Waals surface area (Å²) >= 11 is 7.26. The molecule has 1 fully saturated rings. The maximum Gasteiger partial charge on any atom is 0.327 e. The van der Waals surface area contributed by atoms with E-state index in [9.17, 15) is 23.9 Å². The van der Waals surface area contributed by atoms with Gasteiger partial charge in [0, 0.05) is 11.5 Å². The van der Waals surface area contributed by atoms with Gasteiger partial charge in [0.25, 0.3) is 5.91 Å². The second-order valence-corrected chi connectivity index (χ2v) is 11.3. The lowest BCUT2D eigenvalue weighted by molar-refractivity contribution is -0.142. The standard InChI is InChI=1S/C32H25ClFNO5S/c1-40-23-12-6-9-20(18-23)27-28(30(36)25-15-16-26(33)41-25)24(14-13-19-7-3-2-4-8-19)35(29(27)32(38)39)31(37)21-10-5-11-22(34)17-21/h2-18,24,27-29H,1H3,(H,38,39). The molecule has 1 saturated heterocycles. The van der Waals surface area contributed by atoms with Crippen molar-refractivity contribution in [2.45, 2.75) is 18.0 Å². The third kappa shape index (κ3) is 5.80. The van der Waals surface area contributed by atoms with E-state index >= 15 is 0 Å². The Morgan fingerprint density at radius 3 is 2.39 bits per heavy atom. The summed E-state index contributed by atoms with van der Waals surface area (Å²) in [6.07, 6.45) is 3.44. The van der Waals surface area contributed by atoms with Gasteiger partial charge < -0.3 is 14.7 Å². The van der Waals surface area contributed by atoms with Crippen molar-refractivity contribution in [1.82, 2.24) is 4.90 Å². The molecule has 5 rings (SSSR count). The topological polar surface area (TPSA) is 83.9 Å². The van der Waals surface area contributed by atoms with Gasteiger partial charge in [0.1, 0.15) is 17.6 Å². The number of ketones is 1. The van der Waals surface area contributed by atoms with Crippen LogP contribution in [0.1, 0.15) is 37.1 Å². The lowest BCUT2D eigenvalue weighted by atomic mass is 9.78. The first-order chi connectivity index (χ1) is 19.8. The summed E-state index contributed by atoms with van der Waals surface area (Å²) < 4.78 is 20.0. The molecule has 6 nitrogen and oxygen atoms in total. The Labute approximate surface area is 245 Å². The van der Waals surface area contributed by atoms with Crippen LogP contribution in [-0.2, 0) is 4.79 Å². The second-order valence-electron chi connectivity index (χ2n) is 9.56. The van der Waals surface area contributed by atoms with Gasteiger partial charge in [-0.2, -0.15) is 0 Å². The van der Waals surface area contributed by atoms with Crippen molar-refractivity contribution < 1.29 is 28.6 Å². The van der Waals surface area contributed by atoms with Crippen molar-refractivity contribution in [1.29, 1.82) is 0 Å². The van der Waals surface area contributed by atoms with Crippen LogP contribution in [0.3, 0.4) is 0 Å². The number of carbonyl (C=O) groups excluding carboxylic acids is 2. The molecule has 9 heteroatoms. The predicted octanol–water partition coefficient (Wildman–Crippen LogP) is 6.82. The summed E-state index contributed by atoms with van der Waals surface area (Å²) in [5, 5.41) is 10.6. The SMILES string of the molecule is COc1cccc(C2C(C(=O)c3ccc(Cl)s3)C(C=Cc3ccccc3)N(C(=O)c3cccc(F)c3)C2C(=O)O)c1. The van der Waals surface area contributed by atoms with Gasteiger partial charge in [0.05, 0.1) is 28.3 Å². The summed E-state index contributed by atoms with van der Waals surface area (Å²) in [6, 6.07) is 21.9. The molecule has 4 atom stereocenters. The summed E-state index contributed by atoms with van der Waals surface area (Å²) in [6.45, 7) is 0. The first kappa shape index (κ1) is 28.3. The van der Waals surface area contributed by atoms with Crippen LogP contribution < -0.4 is 4.74 Å². The number of likely N-dealkylation sites (tertiary alicyclic amines) is 1. The highest BCUT2D eigenvalue weighted by Gasteiger charge is 2.56. The van der Waals surface area contributed by atoms with Gasteiger partial charge in [-0.3, -0.25) is 9.59 Å². The average Bonchev–Trinajstić information content (AvgIpc) is 3.57. The molecule has 0 saturated carbocycles. The maximum absolute atomic E-state index is 14.2. The monoisotopic (exact) mass is 589 g/mol. The van der Waals surface area contributed by atoms with E-state index in [4.69, 9.17) is 16.3 Å². The predicted molar refractivity (Wildman–Crippen MR) is 156 cm³/mol. The smallest absolute Gasteiger partial charge is 0.327 e. The van der Waals surface area contributed by atoms with Crippen LogP contribution in [0.4, 0.5) is 4.39 Å². The van der Waals surface area contributed by atoms with E-state index in [2.05, 4.69) is 0 Å². The molecule has 1 aromatic heterocycles. The van der Waals surface area contributed by atoms with Gasteiger partial charge in [-0.25, -0.2) is 9.18 Å². The fourth-order valence-corrected chi connectivity index (χ4v) is 6.43. The highest BCUT2D eigenvalue weighted by molar-refractivity contribution is 7.18. The largest absolute Gasteiger partial charge is 0.497 e. The number of thiophene rings is 1. The van der Waals surface area contributed by atoms with Gasteiger partial charge in [-0.1, -0.05) is 72.3 Å². The minimum absolute atomic E-state index is 0.0222. The maximum atomic E-state index is 14.2. The Hall–Kier alpha value is -4.27. The molecule has 0 radical (unpaired) electrons. The zero-order chi connectivity index (χ0) is 29.1. The Balaban J connectivity index is 1.74. The van der Waals surface area contributed by atoms with E-state index in [0.29, 0.717) is 20.5 Å². The number of carbonyl (C=O) groups is 3. The average molecular weight is 590 g/mol. The Bertz CT molecular complexity index is 1620. The molecular formula is C32H25ClFNO5S. The highest BCUT2D eigenvalue weighted by Crippen LogP contribution is 2.47. The van der Waals surface area contributed by atoms with Gasteiger partial charge in [-0.05, 0) is 53.6 Å². The van der Waals surface area contributed by atoms with Gasteiger partial charge in [-0.15, -0.1) is 11.3 Å². The van der Waals surface area contributed by atoms with E-state index in [0.717, 1.165) is 23.0 Å². The number of carboxylic acids is 1. The number of rotatable bonds is 8. The summed E-state index contributed by atoms with van der Waals surface area (Å²) in [4.78, 5) is 42.9. The molecule has 4 unspecified atom stereocenters. The fraction of sp³-hybridized carbons (Fsp3) is 0.156. The number of methoxy groups -OCH3 is 1. The molecule has 1 amide bonds. The minimum Gasteiger partial charge on any atom is -0.497 e. The lowest BCUT2D eigenvalue weighted by Gasteiger charge is -2.28. The number of aliphatic carboxylic acids is 1.